The molecule has 0 atom stereocenters. The first-order valence-electron chi connectivity index (χ1n) is 5.18. The molecule has 0 radical (unpaired) electrons. The van der Waals surface area contributed by atoms with Crippen LogP contribution in [0, 0.1) is 0 Å². The number of nitrogen functional groups attached to an aromatic ring is 1. The monoisotopic (exact) mass is 255 g/mol. The number of anilines is 2. The van der Waals surface area contributed by atoms with Gasteiger partial charge in [0.2, 0.25) is 0 Å². The first kappa shape index (κ1) is 11.8. The number of nitrogens with zero attached hydrogens (tertiary/aromatic N) is 1. The molecule has 0 saturated carbocycles. The lowest BCUT2D eigenvalue weighted by atomic mass is 10.2. The number of aromatic nitrogens is 1. The summed E-state index contributed by atoms with van der Waals surface area (Å²) in [6, 6.07) is 1.10. The number of nitrogens with two attached hydrogens (primary N) is 1. The van der Waals surface area contributed by atoms with E-state index < -0.39 is 5.97 Å². The van der Waals surface area contributed by atoms with Crippen molar-refractivity contribution < 1.29 is 9.90 Å². The van der Waals surface area contributed by atoms with Crippen LogP contribution in [0.3, 0.4) is 0 Å². The fraction of sp³-hybridized carbons (Fsp3) is 0.400. The van der Waals surface area contributed by atoms with Crippen molar-refractivity contribution in [2.45, 2.75) is 0 Å². The SMILES string of the molecule is Nc1cc(=O)[nH]c(N2CCSCC2)c1C(=O)O. The lowest BCUT2D eigenvalue weighted by Gasteiger charge is -2.29. The summed E-state index contributed by atoms with van der Waals surface area (Å²) in [5, 5.41) is 9.13. The molecule has 1 saturated heterocycles. The van der Waals surface area contributed by atoms with Crippen LogP contribution < -0.4 is 16.2 Å². The maximum Gasteiger partial charge on any atom is 0.341 e. The molecule has 1 aliphatic heterocycles. The molecule has 2 heterocycles. The molecule has 2 rings (SSSR count). The molecule has 0 amide bonds. The van der Waals surface area contributed by atoms with E-state index in [1.165, 1.54) is 0 Å². The number of aromatic amines is 1. The number of aromatic carboxylic acids is 1. The average Bonchev–Trinajstić information content (AvgIpc) is 2.28. The maximum absolute atomic E-state index is 11.4. The van der Waals surface area contributed by atoms with E-state index in [9.17, 15) is 9.59 Å². The topological polar surface area (TPSA) is 99.4 Å². The van der Waals surface area contributed by atoms with Crippen LogP contribution in [0.4, 0.5) is 11.5 Å². The fourth-order valence-corrected chi connectivity index (χ4v) is 2.72. The van der Waals surface area contributed by atoms with Gasteiger partial charge in [0.25, 0.3) is 5.56 Å². The first-order chi connectivity index (χ1) is 8.09. The Morgan fingerprint density at radius 1 is 1.47 bits per heavy atom. The molecule has 1 aromatic rings. The van der Waals surface area contributed by atoms with Gasteiger partial charge in [0.15, 0.2) is 0 Å². The fourth-order valence-electron chi connectivity index (χ4n) is 1.81. The Hall–Kier alpha value is -1.63. The molecule has 0 aromatic carbocycles. The minimum Gasteiger partial charge on any atom is -0.477 e. The molecule has 0 aliphatic carbocycles. The van der Waals surface area contributed by atoms with Gasteiger partial charge in [-0.25, -0.2) is 4.79 Å². The van der Waals surface area contributed by atoms with Crippen molar-refractivity contribution in [3.63, 3.8) is 0 Å². The van der Waals surface area contributed by atoms with Gasteiger partial charge in [-0.05, 0) is 0 Å². The van der Waals surface area contributed by atoms with E-state index >= 15 is 0 Å². The Kier molecular flexibility index (Phi) is 3.28. The summed E-state index contributed by atoms with van der Waals surface area (Å²) >= 11 is 1.80. The number of hydrogen-bond acceptors (Lipinski definition) is 5. The van der Waals surface area contributed by atoms with Gasteiger partial charge in [-0.1, -0.05) is 0 Å². The van der Waals surface area contributed by atoms with Gasteiger partial charge in [-0.15, -0.1) is 0 Å². The predicted molar refractivity (Wildman–Crippen MR) is 68.0 cm³/mol. The highest BCUT2D eigenvalue weighted by Gasteiger charge is 2.22. The molecule has 0 spiro atoms. The van der Waals surface area contributed by atoms with Crippen molar-refractivity contribution in [1.82, 2.24) is 4.98 Å². The van der Waals surface area contributed by atoms with Gasteiger partial charge < -0.3 is 20.7 Å². The molecule has 1 fully saturated rings. The minimum atomic E-state index is -1.12. The Morgan fingerprint density at radius 2 is 2.12 bits per heavy atom. The summed E-state index contributed by atoms with van der Waals surface area (Å²) in [4.78, 5) is 27.0. The van der Waals surface area contributed by atoms with Crippen LogP contribution in [-0.2, 0) is 0 Å². The second-order valence-corrected chi connectivity index (χ2v) is 4.94. The molecule has 6 nitrogen and oxygen atoms in total. The molecule has 17 heavy (non-hydrogen) atoms. The van der Waals surface area contributed by atoms with E-state index in [-0.39, 0.29) is 16.8 Å². The van der Waals surface area contributed by atoms with Gasteiger partial charge >= 0.3 is 5.97 Å². The van der Waals surface area contributed by atoms with Crippen LogP contribution in [0.15, 0.2) is 10.9 Å². The van der Waals surface area contributed by atoms with Crippen molar-refractivity contribution in [3.8, 4) is 0 Å². The van der Waals surface area contributed by atoms with E-state index in [0.717, 1.165) is 17.6 Å². The zero-order chi connectivity index (χ0) is 12.4. The Morgan fingerprint density at radius 3 is 2.71 bits per heavy atom. The smallest absolute Gasteiger partial charge is 0.341 e. The van der Waals surface area contributed by atoms with Crippen molar-refractivity contribution in [1.29, 1.82) is 0 Å². The minimum absolute atomic E-state index is 0.00877. The standard InChI is InChI=1S/C10H13N3O3S/c11-6-5-7(14)12-9(8(6)10(15)16)13-1-3-17-4-2-13/h5H,1-4H2,(H,15,16)(H3,11,12,14). The zero-order valence-corrected chi connectivity index (χ0v) is 9.92. The number of pyridine rings is 1. The van der Waals surface area contributed by atoms with E-state index in [4.69, 9.17) is 10.8 Å². The van der Waals surface area contributed by atoms with Crippen molar-refractivity contribution in [2.24, 2.45) is 0 Å². The predicted octanol–water partition coefficient (Wildman–Crippen LogP) is 0.209. The summed E-state index contributed by atoms with van der Waals surface area (Å²) in [6.07, 6.45) is 0. The Balaban J connectivity index is 2.50. The highest BCUT2D eigenvalue weighted by atomic mass is 32.2. The average molecular weight is 255 g/mol. The summed E-state index contributed by atoms with van der Waals surface area (Å²) in [5.74, 6) is 1.03. The number of H-pyrrole nitrogens is 1. The summed E-state index contributed by atoms with van der Waals surface area (Å²) in [7, 11) is 0. The lowest BCUT2D eigenvalue weighted by molar-refractivity contribution is 0.0698. The van der Waals surface area contributed by atoms with Crippen molar-refractivity contribution in [3.05, 3.63) is 22.0 Å². The molecule has 92 valence electrons. The highest BCUT2D eigenvalue weighted by Crippen LogP contribution is 2.24. The third kappa shape index (κ3) is 2.38. The number of thioether (sulfide) groups is 1. The third-order valence-electron chi connectivity index (χ3n) is 2.59. The molecule has 7 heteroatoms. The number of nitrogens with one attached hydrogen (secondary N) is 1. The zero-order valence-electron chi connectivity index (χ0n) is 9.10. The second kappa shape index (κ2) is 4.70. The van der Waals surface area contributed by atoms with Gasteiger partial charge in [-0.3, -0.25) is 4.79 Å². The molecular weight excluding hydrogens is 242 g/mol. The second-order valence-electron chi connectivity index (χ2n) is 3.72. The summed E-state index contributed by atoms with van der Waals surface area (Å²) in [5.41, 5.74) is 5.21. The van der Waals surface area contributed by atoms with E-state index in [1.807, 2.05) is 4.90 Å². The van der Waals surface area contributed by atoms with E-state index in [2.05, 4.69) is 4.98 Å². The van der Waals surface area contributed by atoms with Crippen LogP contribution in [-0.4, -0.2) is 40.7 Å². The van der Waals surface area contributed by atoms with Crippen LogP contribution in [0.5, 0.6) is 0 Å². The molecule has 1 aliphatic rings. The number of hydrogen-bond donors (Lipinski definition) is 3. The van der Waals surface area contributed by atoms with Gasteiger partial charge in [0.05, 0.1) is 5.69 Å². The Labute approximate surface area is 102 Å². The Bertz CT molecular complexity index is 494. The van der Waals surface area contributed by atoms with E-state index in [1.54, 1.807) is 11.8 Å². The highest BCUT2D eigenvalue weighted by molar-refractivity contribution is 7.99. The summed E-state index contributed by atoms with van der Waals surface area (Å²) < 4.78 is 0. The van der Waals surface area contributed by atoms with Gasteiger partial charge in [0, 0.05) is 30.7 Å². The van der Waals surface area contributed by atoms with E-state index in [0.29, 0.717) is 18.9 Å². The molecule has 0 bridgehead atoms. The molecular formula is C10H13N3O3S. The van der Waals surface area contributed by atoms with Crippen LogP contribution in [0.1, 0.15) is 10.4 Å². The molecule has 0 unspecified atom stereocenters. The number of rotatable bonds is 2. The molecule has 1 aromatic heterocycles. The number of carboxylic acids is 1. The quantitative estimate of drug-likeness (QED) is 0.698. The number of carboxylic acid groups (broad SMARTS) is 1. The number of carbonyl (C=O) groups is 1. The van der Waals surface area contributed by atoms with Crippen LogP contribution in [0.25, 0.3) is 0 Å². The van der Waals surface area contributed by atoms with Gasteiger partial charge in [0.1, 0.15) is 11.4 Å². The lowest BCUT2D eigenvalue weighted by Crippen LogP contribution is -2.35. The first-order valence-corrected chi connectivity index (χ1v) is 6.34. The largest absolute Gasteiger partial charge is 0.477 e. The maximum atomic E-state index is 11.4. The molecule has 4 N–H and O–H groups in total. The van der Waals surface area contributed by atoms with Crippen LogP contribution >= 0.6 is 11.8 Å². The van der Waals surface area contributed by atoms with Crippen molar-refractivity contribution >= 4 is 29.2 Å². The third-order valence-corrected chi connectivity index (χ3v) is 3.54. The summed E-state index contributed by atoms with van der Waals surface area (Å²) in [6.45, 7) is 1.43. The van der Waals surface area contributed by atoms with Crippen molar-refractivity contribution in [2.75, 3.05) is 35.2 Å². The normalized spacial score (nSPS) is 15.9. The van der Waals surface area contributed by atoms with Crippen LogP contribution in [0.2, 0.25) is 0 Å². The van der Waals surface area contributed by atoms with Gasteiger partial charge in [-0.2, -0.15) is 11.8 Å².